The number of carbonyl (C=O) groups is 2. The smallest absolute Gasteiger partial charge is 0.267 e. The number of nitrogens with one attached hydrogen (secondary N) is 2. The summed E-state index contributed by atoms with van der Waals surface area (Å²) in [4.78, 5) is 22.2. The number of hydrogen-bond donors (Lipinski definition) is 2. The summed E-state index contributed by atoms with van der Waals surface area (Å²) in [5.41, 5.74) is -0.330. The highest BCUT2D eigenvalue weighted by atomic mass is 16.2. The van der Waals surface area contributed by atoms with E-state index in [0.717, 1.165) is 6.08 Å². The van der Waals surface area contributed by atoms with Crippen LogP contribution in [-0.2, 0) is 9.59 Å². The molecular formula is C10H16N2O2. The van der Waals surface area contributed by atoms with Crippen molar-refractivity contribution in [1.82, 2.24) is 10.6 Å². The van der Waals surface area contributed by atoms with Crippen LogP contribution in [0.4, 0.5) is 0 Å². The topological polar surface area (TPSA) is 58.2 Å². The second kappa shape index (κ2) is 4.60. The van der Waals surface area contributed by atoms with Crippen LogP contribution in [0.3, 0.4) is 0 Å². The summed E-state index contributed by atoms with van der Waals surface area (Å²) in [7, 11) is 0. The van der Waals surface area contributed by atoms with Gasteiger partial charge in [-0.2, -0.15) is 0 Å². The summed E-state index contributed by atoms with van der Waals surface area (Å²) in [6.07, 6.45) is 1.08. The van der Waals surface area contributed by atoms with Gasteiger partial charge in [-0.25, -0.2) is 0 Å². The van der Waals surface area contributed by atoms with Crippen molar-refractivity contribution in [2.75, 3.05) is 0 Å². The highest BCUT2D eigenvalue weighted by Crippen LogP contribution is 1.99. The van der Waals surface area contributed by atoms with Crippen molar-refractivity contribution in [3.63, 3.8) is 0 Å². The zero-order valence-electron chi connectivity index (χ0n) is 8.81. The van der Waals surface area contributed by atoms with Crippen molar-refractivity contribution in [2.24, 2.45) is 0 Å². The minimum absolute atomic E-state index is 0.0184. The van der Waals surface area contributed by atoms with Gasteiger partial charge in [0, 0.05) is 5.54 Å². The van der Waals surface area contributed by atoms with E-state index < -0.39 is 11.8 Å². The maximum absolute atomic E-state index is 11.4. The average molecular weight is 196 g/mol. The van der Waals surface area contributed by atoms with Crippen molar-refractivity contribution < 1.29 is 9.59 Å². The molecule has 0 bridgehead atoms. The van der Waals surface area contributed by atoms with E-state index in [1.807, 2.05) is 20.8 Å². The fourth-order valence-electron chi connectivity index (χ4n) is 0.673. The molecule has 0 heterocycles. The lowest BCUT2D eigenvalue weighted by Gasteiger charge is -2.21. The molecule has 2 N–H and O–H groups in total. The fraction of sp³-hybridized carbons (Fsp3) is 0.400. The molecule has 0 aromatic rings. The zero-order valence-corrected chi connectivity index (χ0v) is 8.81. The maximum Gasteiger partial charge on any atom is 0.267 e. The number of amides is 2. The quantitative estimate of drug-likeness (QED) is 0.653. The molecule has 0 rings (SSSR count). The summed E-state index contributed by atoms with van der Waals surface area (Å²) in [6.45, 7) is 12.2. The highest BCUT2D eigenvalue weighted by Gasteiger charge is 2.16. The van der Waals surface area contributed by atoms with E-state index in [0.29, 0.717) is 0 Å². The van der Waals surface area contributed by atoms with Gasteiger partial charge in [-0.15, -0.1) is 0 Å². The van der Waals surface area contributed by atoms with E-state index >= 15 is 0 Å². The molecule has 0 saturated heterocycles. The fourth-order valence-corrected chi connectivity index (χ4v) is 0.673. The Balaban J connectivity index is 4.21. The van der Waals surface area contributed by atoms with Crippen LogP contribution in [0.25, 0.3) is 0 Å². The molecule has 0 aromatic heterocycles. The molecular weight excluding hydrogens is 180 g/mol. The third-order valence-corrected chi connectivity index (χ3v) is 1.22. The molecule has 0 atom stereocenters. The maximum atomic E-state index is 11.4. The van der Waals surface area contributed by atoms with Gasteiger partial charge in [0.2, 0.25) is 5.91 Å². The summed E-state index contributed by atoms with van der Waals surface area (Å²) in [6, 6.07) is 0. The van der Waals surface area contributed by atoms with Crippen LogP contribution in [0.2, 0.25) is 0 Å². The first kappa shape index (κ1) is 12.4. The Morgan fingerprint density at radius 3 is 2.14 bits per heavy atom. The van der Waals surface area contributed by atoms with Crippen LogP contribution in [0.15, 0.2) is 24.9 Å². The monoisotopic (exact) mass is 196 g/mol. The highest BCUT2D eigenvalue weighted by molar-refractivity contribution is 5.99. The van der Waals surface area contributed by atoms with E-state index in [1.54, 1.807) is 0 Å². The van der Waals surface area contributed by atoms with Gasteiger partial charge in [0.1, 0.15) is 0 Å². The minimum atomic E-state index is -0.445. The third kappa shape index (κ3) is 5.13. The van der Waals surface area contributed by atoms with Crippen LogP contribution < -0.4 is 10.6 Å². The van der Waals surface area contributed by atoms with Gasteiger partial charge < -0.3 is 10.6 Å². The third-order valence-electron chi connectivity index (χ3n) is 1.22. The van der Waals surface area contributed by atoms with E-state index in [9.17, 15) is 9.59 Å². The Bertz CT molecular complexity index is 274. The van der Waals surface area contributed by atoms with Gasteiger partial charge in [0.25, 0.3) is 5.91 Å². The van der Waals surface area contributed by atoms with Crippen LogP contribution in [0.1, 0.15) is 20.8 Å². The molecule has 0 aromatic carbocycles. The number of rotatable bonds is 3. The van der Waals surface area contributed by atoms with Crippen LogP contribution in [0, 0.1) is 0 Å². The van der Waals surface area contributed by atoms with Crippen LogP contribution >= 0.6 is 0 Å². The molecule has 2 amide bonds. The van der Waals surface area contributed by atoms with Gasteiger partial charge in [-0.3, -0.25) is 9.59 Å². The lowest BCUT2D eigenvalue weighted by molar-refractivity contribution is -0.122. The van der Waals surface area contributed by atoms with Crippen molar-refractivity contribution in [3.8, 4) is 0 Å². The molecule has 0 unspecified atom stereocenters. The van der Waals surface area contributed by atoms with Crippen LogP contribution in [-0.4, -0.2) is 17.4 Å². The standard InChI is InChI=1S/C10H16N2O2/c1-6-8(13)11-7(2)9(14)12-10(3,4)5/h6H,1-2H2,3-5H3,(H,11,13)(H,12,14). The van der Waals surface area contributed by atoms with E-state index in [2.05, 4.69) is 23.8 Å². The van der Waals surface area contributed by atoms with Gasteiger partial charge in [-0.05, 0) is 26.8 Å². The zero-order chi connectivity index (χ0) is 11.4. The van der Waals surface area contributed by atoms with Crippen molar-refractivity contribution >= 4 is 11.8 Å². The molecule has 0 fully saturated rings. The molecule has 0 aliphatic carbocycles. The number of hydrogen-bond acceptors (Lipinski definition) is 2. The molecule has 0 aliphatic heterocycles. The summed E-state index contributed by atoms with van der Waals surface area (Å²) < 4.78 is 0. The van der Waals surface area contributed by atoms with E-state index in [1.165, 1.54) is 0 Å². The van der Waals surface area contributed by atoms with Gasteiger partial charge in [0.15, 0.2) is 0 Å². The predicted octanol–water partition coefficient (Wildman–Crippen LogP) is 0.717. The molecule has 0 saturated carbocycles. The van der Waals surface area contributed by atoms with Gasteiger partial charge in [0.05, 0.1) is 5.70 Å². The first-order valence-electron chi connectivity index (χ1n) is 4.21. The first-order chi connectivity index (χ1) is 6.26. The largest absolute Gasteiger partial charge is 0.346 e. The van der Waals surface area contributed by atoms with Gasteiger partial charge in [-0.1, -0.05) is 13.2 Å². The van der Waals surface area contributed by atoms with Crippen molar-refractivity contribution in [2.45, 2.75) is 26.3 Å². The normalized spacial score (nSPS) is 10.2. The second-order valence-corrected chi connectivity index (χ2v) is 3.88. The Labute approximate surface area is 84.1 Å². The molecule has 4 nitrogen and oxygen atoms in total. The molecule has 0 radical (unpaired) electrons. The molecule has 78 valence electrons. The molecule has 4 heteroatoms. The Hall–Kier alpha value is -1.58. The number of carbonyl (C=O) groups excluding carboxylic acids is 2. The van der Waals surface area contributed by atoms with Gasteiger partial charge >= 0.3 is 0 Å². The Morgan fingerprint density at radius 2 is 1.79 bits per heavy atom. The Kier molecular flexibility index (Phi) is 4.08. The second-order valence-electron chi connectivity index (χ2n) is 3.88. The average Bonchev–Trinajstić information content (AvgIpc) is 2.00. The molecule has 14 heavy (non-hydrogen) atoms. The van der Waals surface area contributed by atoms with Crippen LogP contribution in [0.5, 0.6) is 0 Å². The Morgan fingerprint density at radius 1 is 1.29 bits per heavy atom. The summed E-state index contributed by atoms with van der Waals surface area (Å²) in [5.74, 6) is -0.841. The van der Waals surface area contributed by atoms with Crippen molar-refractivity contribution in [1.29, 1.82) is 0 Å². The molecule has 0 spiro atoms. The lowest BCUT2D eigenvalue weighted by atomic mass is 10.1. The SMILES string of the molecule is C=CC(=O)NC(=C)C(=O)NC(C)(C)C. The predicted molar refractivity (Wildman–Crippen MR) is 55.4 cm³/mol. The minimum Gasteiger partial charge on any atom is -0.346 e. The van der Waals surface area contributed by atoms with E-state index in [-0.39, 0.29) is 11.2 Å². The summed E-state index contributed by atoms with van der Waals surface area (Å²) in [5, 5.41) is 4.95. The summed E-state index contributed by atoms with van der Waals surface area (Å²) >= 11 is 0. The lowest BCUT2D eigenvalue weighted by Crippen LogP contribution is -2.44. The molecule has 0 aliphatic rings. The van der Waals surface area contributed by atoms with E-state index in [4.69, 9.17) is 0 Å². The first-order valence-corrected chi connectivity index (χ1v) is 4.21. The van der Waals surface area contributed by atoms with Crippen molar-refractivity contribution in [3.05, 3.63) is 24.9 Å².